The summed E-state index contributed by atoms with van der Waals surface area (Å²) in [4.78, 5) is 0. The van der Waals surface area contributed by atoms with Gasteiger partial charge in [0.25, 0.3) is 0 Å². The third kappa shape index (κ3) is 1.40. The molecule has 16 heavy (non-hydrogen) atoms. The second kappa shape index (κ2) is 3.67. The zero-order valence-corrected chi connectivity index (χ0v) is 9.38. The van der Waals surface area contributed by atoms with Crippen molar-refractivity contribution in [2.75, 3.05) is 5.32 Å². The minimum absolute atomic E-state index is 0.871. The first-order valence-corrected chi connectivity index (χ1v) is 5.74. The predicted molar refractivity (Wildman–Crippen MR) is 64.5 cm³/mol. The summed E-state index contributed by atoms with van der Waals surface area (Å²) >= 11 is 0. The van der Waals surface area contributed by atoms with Crippen LogP contribution < -0.4 is 5.32 Å². The van der Waals surface area contributed by atoms with Gasteiger partial charge in [-0.1, -0.05) is 25.1 Å². The second-order valence-electron chi connectivity index (χ2n) is 4.21. The van der Waals surface area contributed by atoms with Gasteiger partial charge in [-0.25, -0.2) is 0 Å². The van der Waals surface area contributed by atoms with Crippen molar-refractivity contribution in [2.45, 2.75) is 26.3 Å². The lowest BCUT2D eigenvalue weighted by molar-refractivity contribution is 0.993. The Morgan fingerprint density at radius 1 is 1.31 bits per heavy atom. The van der Waals surface area contributed by atoms with Gasteiger partial charge >= 0.3 is 0 Å². The Hall–Kier alpha value is -1.77. The largest absolute Gasteiger partial charge is 0.380 e. The topological polar surface area (TPSA) is 40.7 Å². The minimum Gasteiger partial charge on any atom is -0.380 e. The van der Waals surface area contributed by atoms with E-state index in [1.54, 1.807) is 0 Å². The molecule has 2 N–H and O–H groups in total. The van der Waals surface area contributed by atoms with E-state index in [0.717, 1.165) is 19.4 Å². The Labute approximate surface area is 94.9 Å². The molecule has 1 aliphatic heterocycles. The summed E-state index contributed by atoms with van der Waals surface area (Å²) in [5.41, 5.74) is 6.59. The fourth-order valence-corrected chi connectivity index (χ4v) is 2.34. The highest BCUT2D eigenvalue weighted by molar-refractivity contribution is 5.60. The monoisotopic (exact) mass is 213 g/mol. The summed E-state index contributed by atoms with van der Waals surface area (Å²) in [5, 5.41) is 10.7. The molecule has 0 unspecified atom stereocenters. The van der Waals surface area contributed by atoms with Crippen LogP contribution in [0.4, 0.5) is 5.69 Å². The van der Waals surface area contributed by atoms with Gasteiger partial charge in [-0.05, 0) is 17.5 Å². The molecule has 3 rings (SSSR count). The van der Waals surface area contributed by atoms with Gasteiger partial charge in [-0.2, -0.15) is 5.10 Å². The zero-order chi connectivity index (χ0) is 11.0. The number of fused-ring (bicyclic) bond motifs is 2. The van der Waals surface area contributed by atoms with E-state index in [1.165, 1.54) is 28.1 Å². The van der Waals surface area contributed by atoms with Crippen LogP contribution in [-0.2, 0) is 19.4 Å². The molecular weight excluding hydrogens is 198 g/mol. The lowest BCUT2D eigenvalue weighted by Gasteiger charge is -2.12. The summed E-state index contributed by atoms with van der Waals surface area (Å²) in [6.45, 7) is 3.07. The molecule has 0 amide bonds. The van der Waals surface area contributed by atoms with Gasteiger partial charge in [0.1, 0.15) is 0 Å². The lowest BCUT2D eigenvalue weighted by Crippen LogP contribution is -2.01. The van der Waals surface area contributed by atoms with Gasteiger partial charge in [0.05, 0.1) is 6.20 Å². The molecule has 1 aromatic heterocycles. The van der Waals surface area contributed by atoms with Gasteiger partial charge in [-0.3, -0.25) is 5.10 Å². The molecule has 0 atom stereocenters. The highest BCUT2D eigenvalue weighted by Gasteiger charge is 2.15. The third-order valence-electron chi connectivity index (χ3n) is 3.25. The van der Waals surface area contributed by atoms with Crippen LogP contribution in [0.2, 0.25) is 0 Å². The van der Waals surface area contributed by atoms with Crippen LogP contribution in [0.15, 0.2) is 24.4 Å². The third-order valence-corrected chi connectivity index (χ3v) is 3.25. The first-order chi connectivity index (χ1) is 7.88. The van der Waals surface area contributed by atoms with Crippen molar-refractivity contribution in [3.8, 4) is 0 Å². The molecule has 2 heterocycles. The molecular formula is C13H15N3. The predicted octanol–water partition coefficient (Wildman–Crippen LogP) is 2.49. The number of para-hydroxylation sites is 1. The molecule has 2 aromatic rings. The molecule has 0 saturated heterocycles. The van der Waals surface area contributed by atoms with Crippen molar-refractivity contribution >= 4 is 5.69 Å². The average Bonchev–Trinajstić information content (AvgIpc) is 2.67. The fraction of sp³-hybridized carbons (Fsp3) is 0.308. The van der Waals surface area contributed by atoms with Gasteiger partial charge in [0.2, 0.25) is 0 Å². The zero-order valence-electron chi connectivity index (χ0n) is 9.38. The molecule has 82 valence electrons. The average molecular weight is 213 g/mol. The lowest BCUT2D eigenvalue weighted by atomic mass is 10.0. The number of hydrogen-bond acceptors (Lipinski definition) is 2. The number of nitrogens with one attached hydrogen (secondary N) is 2. The van der Waals surface area contributed by atoms with E-state index in [4.69, 9.17) is 0 Å². The standard InChI is InChI=1S/C13H15N3/c1-2-9-4-3-5-10-6-12-11(8-15-16-12)7-14-13(9)10/h3-5,8,14H,2,6-7H2,1H3,(H,15,16). The van der Waals surface area contributed by atoms with Gasteiger partial charge in [0, 0.05) is 29.9 Å². The minimum atomic E-state index is 0.871. The first-order valence-electron chi connectivity index (χ1n) is 5.74. The van der Waals surface area contributed by atoms with Gasteiger partial charge < -0.3 is 5.32 Å². The van der Waals surface area contributed by atoms with Crippen LogP contribution >= 0.6 is 0 Å². The molecule has 0 bridgehead atoms. The molecule has 0 spiro atoms. The van der Waals surface area contributed by atoms with Crippen LogP contribution in [-0.4, -0.2) is 10.2 Å². The molecule has 0 saturated carbocycles. The highest BCUT2D eigenvalue weighted by atomic mass is 15.1. The Bertz CT molecular complexity index is 514. The molecule has 1 aromatic carbocycles. The number of rotatable bonds is 1. The van der Waals surface area contributed by atoms with E-state index in [2.05, 4.69) is 40.6 Å². The number of anilines is 1. The quantitative estimate of drug-likeness (QED) is 0.764. The van der Waals surface area contributed by atoms with Crippen LogP contribution in [0.5, 0.6) is 0 Å². The van der Waals surface area contributed by atoms with Crippen molar-refractivity contribution in [3.63, 3.8) is 0 Å². The van der Waals surface area contributed by atoms with Gasteiger partial charge in [0.15, 0.2) is 0 Å². The maximum absolute atomic E-state index is 4.10. The van der Waals surface area contributed by atoms with Crippen molar-refractivity contribution in [3.05, 3.63) is 46.8 Å². The molecule has 1 aliphatic rings. The Morgan fingerprint density at radius 3 is 3.12 bits per heavy atom. The Morgan fingerprint density at radius 2 is 2.25 bits per heavy atom. The van der Waals surface area contributed by atoms with Gasteiger partial charge in [-0.15, -0.1) is 0 Å². The number of H-pyrrole nitrogens is 1. The van der Waals surface area contributed by atoms with Crippen molar-refractivity contribution < 1.29 is 0 Å². The first kappa shape index (κ1) is 9.46. The number of aromatic amines is 1. The summed E-state index contributed by atoms with van der Waals surface area (Å²) in [5.74, 6) is 0. The molecule has 3 nitrogen and oxygen atoms in total. The molecule has 0 aliphatic carbocycles. The molecule has 3 heteroatoms. The van der Waals surface area contributed by atoms with E-state index in [9.17, 15) is 0 Å². The maximum Gasteiger partial charge on any atom is 0.0540 e. The van der Waals surface area contributed by atoms with Crippen LogP contribution in [0, 0.1) is 0 Å². The number of nitrogens with zero attached hydrogens (tertiary/aromatic N) is 1. The number of aromatic nitrogens is 2. The highest BCUT2D eigenvalue weighted by Crippen LogP contribution is 2.28. The van der Waals surface area contributed by atoms with E-state index in [-0.39, 0.29) is 0 Å². The van der Waals surface area contributed by atoms with Crippen LogP contribution in [0.25, 0.3) is 0 Å². The summed E-state index contributed by atoms with van der Waals surface area (Å²) in [6.07, 6.45) is 3.94. The maximum atomic E-state index is 4.10. The number of hydrogen-bond donors (Lipinski definition) is 2. The smallest absolute Gasteiger partial charge is 0.0540 e. The number of aryl methyl sites for hydroxylation is 1. The van der Waals surface area contributed by atoms with Crippen molar-refractivity contribution in [2.24, 2.45) is 0 Å². The van der Waals surface area contributed by atoms with Crippen molar-refractivity contribution in [1.29, 1.82) is 0 Å². The second-order valence-corrected chi connectivity index (χ2v) is 4.21. The van der Waals surface area contributed by atoms with E-state index in [1.807, 2.05) is 6.20 Å². The van der Waals surface area contributed by atoms with E-state index >= 15 is 0 Å². The van der Waals surface area contributed by atoms with Crippen LogP contribution in [0.1, 0.15) is 29.3 Å². The summed E-state index contributed by atoms with van der Waals surface area (Å²) in [7, 11) is 0. The molecule has 0 radical (unpaired) electrons. The number of benzene rings is 1. The normalized spacial score (nSPS) is 13.6. The summed E-state index contributed by atoms with van der Waals surface area (Å²) in [6, 6.07) is 6.53. The van der Waals surface area contributed by atoms with Crippen molar-refractivity contribution in [1.82, 2.24) is 10.2 Å². The SMILES string of the molecule is CCc1cccc2c1NCc1cn[nH]c1C2. The van der Waals surface area contributed by atoms with Crippen LogP contribution in [0.3, 0.4) is 0 Å². The Balaban J connectivity index is 2.09. The Kier molecular flexibility index (Phi) is 2.17. The van der Waals surface area contributed by atoms with E-state index < -0.39 is 0 Å². The molecule has 0 fully saturated rings. The van der Waals surface area contributed by atoms with E-state index in [0.29, 0.717) is 0 Å². The fourth-order valence-electron chi connectivity index (χ4n) is 2.34. The summed E-state index contributed by atoms with van der Waals surface area (Å²) < 4.78 is 0.